The lowest BCUT2D eigenvalue weighted by atomic mass is 10.1. The summed E-state index contributed by atoms with van der Waals surface area (Å²) in [6.07, 6.45) is 4.36. The number of unbranched alkanes of at least 4 members (excludes halogenated alkanes) is 2. The standard InChI is InChI=1S/C23H23Cl2NO3S/c1-2-3-4-7-17-10-13-19(14-11-17)30(27,28)26-21-8-5-6-9-23(21)29-22-15-12-18(24)16-20(22)25/h5-6,8-16,26H,2-4,7H2,1H3. The summed E-state index contributed by atoms with van der Waals surface area (Å²) in [5.41, 5.74) is 1.44. The molecule has 0 saturated carbocycles. The Morgan fingerprint density at radius 2 is 1.63 bits per heavy atom. The van der Waals surface area contributed by atoms with Crippen molar-refractivity contribution in [1.29, 1.82) is 0 Å². The van der Waals surface area contributed by atoms with Crippen molar-refractivity contribution in [1.82, 2.24) is 0 Å². The van der Waals surface area contributed by atoms with E-state index in [0.717, 1.165) is 31.2 Å². The molecule has 0 aliphatic rings. The van der Waals surface area contributed by atoms with Crippen molar-refractivity contribution >= 4 is 38.9 Å². The molecule has 4 nitrogen and oxygen atoms in total. The van der Waals surface area contributed by atoms with Crippen LogP contribution in [-0.4, -0.2) is 8.42 Å². The number of hydrogen-bond donors (Lipinski definition) is 1. The van der Waals surface area contributed by atoms with Crippen LogP contribution < -0.4 is 9.46 Å². The molecule has 7 heteroatoms. The number of nitrogens with one attached hydrogen (secondary N) is 1. The van der Waals surface area contributed by atoms with Gasteiger partial charge in [-0.05, 0) is 60.9 Å². The predicted molar refractivity (Wildman–Crippen MR) is 123 cm³/mol. The smallest absolute Gasteiger partial charge is 0.262 e. The van der Waals surface area contributed by atoms with Crippen LogP contribution in [-0.2, 0) is 16.4 Å². The molecule has 0 heterocycles. The molecule has 30 heavy (non-hydrogen) atoms. The highest BCUT2D eigenvalue weighted by Crippen LogP contribution is 2.35. The summed E-state index contributed by atoms with van der Waals surface area (Å²) >= 11 is 12.1. The molecule has 0 aromatic heterocycles. The minimum Gasteiger partial charge on any atom is -0.454 e. The molecule has 3 aromatic rings. The van der Waals surface area contributed by atoms with Gasteiger partial charge in [0.1, 0.15) is 5.75 Å². The summed E-state index contributed by atoms with van der Waals surface area (Å²) < 4.78 is 34.2. The van der Waals surface area contributed by atoms with E-state index in [1.54, 1.807) is 54.6 Å². The first-order chi connectivity index (χ1) is 14.4. The van der Waals surface area contributed by atoms with Crippen molar-refractivity contribution in [3.05, 3.63) is 82.3 Å². The molecule has 0 unspecified atom stereocenters. The second-order valence-corrected chi connectivity index (χ2v) is 9.41. The highest BCUT2D eigenvalue weighted by molar-refractivity contribution is 7.92. The van der Waals surface area contributed by atoms with Gasteiger partial charge in [-0.25, -0.2) is 8.42 Å². The van der Waals surface area contributed by atoms with E-state index in [2.05, 4.69) is 11.6 Å². The van der Waals surface area contributed by atoms with Gasteiger partial charge in [0, 0.05) is 5.02 Å². The molecule has 3 aromatic carbocycles. The fraction of sp³-hybridized carbons (Fsp3) is 0.217. The van der Waals surface area contributed by atoms with E-state index in [9.17, 15) is 8.42 Å². The summed E-state index contributed by atoms with van der Waals surface area (Å²) in [4.78, 5) is 0.195. The van der Waals surface area contributed by atoms with Crippen LogP contribution in [0.3, 0.4) is 0 Å². The van der Waals surface area contributed by atoms with Crippen LogP contribution in [0.15, 0.2) is 71.6 Å². The van der Waals surface area contributed by atoms with E-state index in [1.807, 2.05) is 12.1 Å². The molecule has 158 valence electrons. The number of rotatable bonds is 9. The van der Waals surface area contributed by atoms with Gasteiger partial charge in [-0.3, -0.25) is 4.72 Å². The second-order valence-electron chi connectivity index (χ2n) is 6.88. The highest BCUT2D eigenvalue weighted by Gasteiger charge is 2.17. The van der Waals surface area contributed by atoms with Crippen LogP contribution in [0, 0.1) is 0 Å². The van der Waals surface area contributed by atoms with Crippen molar-refractivity contribution in [3.63, 3.8) is 0 Å². The van der Waals surface area contributed by atoms with Crippen LogP contribution >= 0.6 is 23.2 Å². The normalized spacial score (nSPS) is 11.3. The van der Waals surface area contributed by atoms with Gasteiger partial charge in [0.05, 0.1) is 15.6 Å². The minimum atomic E-state index is -3.77. The molecule has 0 aliphatic carbocycles. The van der Waals surface area contributed by atoms with E-state index < -0.39 is 10.0 Å². The van der Waals surface area contributed by atoms with Crippen molar-refractivity contribution in [2.45, 2.75) is 37.5 Å². The highest BCUT2D eigenvalue weighted by atomic mass is 35.5. The zero-order valence-electron chi connectivity index (χ0n) is 16.6. The number of hydrogen-bond acceptors (Lipinski definition) is 3. The first-order valence-corrected chi connectivity index (χ1v) is 12.0. The van der Waals surface area contributed by atoms with Gasteiger partial charge in [-0.2, -0.15) is 0 Å². The molecule has 3 rings (SSSR count). The Bertz CT molecular complexity index is 1100. The molecule has 0 bridgehead atoms. The summed E-state index contributed by atoms with van der Waals surface area (Å²) in [5, 5.41) is 0.818. The Kier molecular flexibility index (Phi) is 7.64. The second kappa shape index (κ2) is 10.2. The van der Waals surface area contributed by atoms with Crippen LogP contribution in [0.2, 0.25) is 10.0 Å². The first-order valence-electron chi connectivity index (χ1n) is 9.73. The summed E-state index contributed by atoms with van der Waals surface area (Å²) in [6.45, 7) is 2.16. The summed E-state index contributed by atoms with van der Waals surface area (Å²) in [6, 6.07) is 18.6. The topological polar surface area (TPSA) is 55.4 Å². The minimum absolute atomic E-state index is 0.195. The fourth-order valence-corrected chi connectivity index (χ4v) is 4.45. The average Bonchev–Trinajstić information content (AvgIpc) is 2.72. The number of sulfonamides is 1. The first kappa shape index (κ1) is 22.5. The van der Waals surface area contributed by atoms with Gasteiger partial charge in [-0.15, -0.1) is 0 Å². The van der Waals surface area contributed by atoms with E-state index >= 15 is 0 Å². The van der Waals surface area contributed by atoms with Crippen molar-refractivity contribution in [2.24, 2.45) is 0 Å². The van der Waals surface area contributed by atoms with Gasteiger partial charge >= 0.3 is 0 Å². The molecular weight excluding hydrogens is 441 g/mol. The summed E-state index contributed by atoms with van der Waals surface area (Å²) in [7, 11) is -3.77. The number of halogens is 2. The molecule has 0 fully saturated rings. The monoisotopic (exact) mass is 463 g/mol. The number of aryl methyl sites for hydroxylation is 1. The maximum atomic E-state index is 12.9. The largest absolute Gasteiger partial charge is 0.454 e. The molecular formula is C23H23Cl2NO3S. The van der Waals surface area contributed by atoms with Gasteiger partial charge in [0.25, 0.3) is 10.0 Å². The Hall–Kier alpha value is -2.21. The maximum absolute atomic E-state index is 12.9. The molecule has 0 amide bonds. The lowest BCUT2D eigenvalue weighted by molar-refractivity contribution is 0.485. The van der Waals surface area contributed by atoms with E-state index in [4.69, 9.17) is 27.9 Å². The zero-order valence-corrected chi connectivity index (χ0v) is 18.9. The number of ether oxygens (including phenoxy) is 1. The fourth-order valence-electron chi connectivity index (χ4n) is 2.93. The van der Waals surface area contributed by atoms with E-state index in [1.165, 1.54) is 0 Å². The van der Waals surface area contributed by atoms with E-state index in [0.29, 0.717) is 27.2 Å². The third-order valence-electron chi connectivity index (χ3n) is 4.55. The number of para-hydroxylation sites is 2. The third-order valence-corrected chi connectivity index (χ3v) is 6.46. The molecule has 0 saturated heterocycles. The number of anilines is 1. The quantitative estimate of drug-likeness (QED) is 0.338. The van der Waals surface area contributed by atoms with Gasteiger partial charge in [0.2, 0.25) is 0 Å². The third kappa shape index (κ3) is 5.91. The molecule has 0 radical (unpaired) electrons. The van der Waals surface area contributed by atoms with Crippen molar-refractivity contribution < 1.29 is 13.2 Å². The van der Waals surface area contributed by atoms with Gasteiger partial charge < -0.3 is 4.74 Å². The van der Waals surface area contributed by atoms with Crippen LogP contribution in [0.1, 0.15) is 31.7 Å². The predicted octanol–water partition coefficient (Wildman–Crippen LogP) is 7.32. The summed E-state index contributed by atoms with van der Waals surface area (Å²) in [5.74, 6) is 0.714. The Morgan fingerprint density at radius 1 is 0.900 bits per heavy atom. The lowest BCUT2D eigenvalue weighted by Gasteiger charge is -2.14. The Labute approximate surface area is 187 Å². The number of benzene rings is 3. The van der Waals surface area contributed by atoms with Crippen LogP contribution in [0.4, 0.5) is 5.69 Å². The van der Waals surface area contributed by atoms with Gasteiger partial charge in [-0.1, -0.05) is 67.2 Å². The lowest BCUT2D eigenvalue weighted by Crippen LogP contribution is -2.13. The zero-order chi connectivity index (χ0) is 21.6. The van der Waals surface area contributed by atoms with Crippen molar-refractivity contribution in [3.8, 4) is 11.5 Å². The molecule has 0 aliphatic heterocycles. The maximum Gasteiger partial charge on any atom is 0.262 e. The molecule has 0 spiro atoms. The van der Waals surface area contributed by atoms with E-state index in [-0.39, 0.29) is 4.90 Å². The molecule has 0 atom stereocenters. The average molecular weight is 464 g/mol. The SMILES string of the molecule is CCCCCc1ccc(S(=O)(=O)Nc2ccccc2Oc2ccc(Cl)cc2Cl)cc1. The molecule has 1 N–H and O–H groups in total. The van der Waals surface area contributed by atoms with Crippen LogP contribution in [0.25, 0.3) is 0 Å². The Balaban J connectivity index is 1.78. The Morgan fingerprint density at radius 3 is 2.33 bits per heavy atom. The van der Waals surface area contributed by atoms with Crippen LogP contribution in [0.5, 0.6) is 11.5 Å². The van der Waals surface area contributed by atoms with Gasteiger partial charge in [0.15, 0.2) is 5.75 Å². The van der Waals surface area contributed by atoms with Crippen molar-refractivity contribution in [2.75, 3.05) is 4.72 Å².